The number of anilines is 2. The van der Waals surface area contributed by atoms with Crippen LogP contribution in [0.1, 0.15) is 26.5 Å². The van der Waals surface area contributed by atoms with E-state index in [0.717, 1.165) is 0 Å². The van der Waals surface area contributed by atoms with Crippen LogP contribution in [0.5, 0.6) is 0 Å². The third kappa shape index (κ3) is 3.88. The maximum absolute atomic E-state index is 12.0. The van der Waals surface area contributed by atoms with E-state index in [4.69, 9.17) is 4.52 Å². The van der Waals surface area contributed by atoms with Gasteiger partial charge in [0.15, 0.2) is 5.82 Å². The largest absolute Gasteiger partial charge is 0.465 e. The van der Waals surface area contributed by atoms with E-state index in [1.165, 1.54) is 38.5 Å². The first-order valence-corrected chi connectivity index (χ1v) is 6.76. The van der Waals surface area contributed by atoms with Crippen molar-refractivity contribution in [1.82, 2.24) is 5.16 Å². The fourth-order valence-corrected chi connectivity index (χ4v) is 1.88. The predicted molar refractivity (Wildman–Crippen MR) is 83.0 cm³/mol. The van der Waals surface area contributed by atoms with Crippen LogP contribution >= 0.6 is 0 Å². The van der Waals surface area contributed by atoms with E-state index >= 15 is 0 Å². The zero-order chi connectivity index (χ0) is 17.7. The van der Waals surface area contributed by atoms with E-state index in [0.29, 0.717) is 5.76 Å². The van der Waals surface area contributed by atoms with E-state index in [2.05, 4.69) is 25.3 Å². The molecule has 1 aromatic carbocycles. The molecule has 0 fully saturated rings. The normalized spacial score (nSPS) is 9.96. The van der Waals surface area contributed by atoms with Crippen LogP contribution in [0.3, 0.4) is 0 Å². The van der Waals surface area contributed by atoms with Crippen molar-refractivity contribution in [3.63, 3.8) is 0 Å². The first-order chi connectivity index (χ1) is 11.4. The Morgan fingerprint density at radius 2 is 1.75 bits per heavy atom. The third-order valence-electron chi connectivity index (χ3n) is 2.96. The summed E-state index contributed by atoms with van der Waals surface area (Å²) in [5.74, 6) is -0.553. The Bertz CT molecular complexity index is 783. The highest BCUT2D eigenvalue weighted by molar-refractivity contribution is 6.06. The number of hydrogen-bond acceptors (Lipinski definition) is 7. The van der Waals surface area contributed by atoms with Gasteiger partial charge in [-0.2, -0.15) is 0 Å². The van der Waals surface area contributed by atoms with Gasteiger partial charge in [-0.15, -0.1) is 0 Å². The molecular weight excluding hydrogens is 318 g/mol. The molecule has 9 heteroatoms. The van der Waals surface area contributed by atoms with Crippen LogP contribution in [-0.2, 0) is 9.47 Å². The molecule has 24 heavy (non-hydrogen) atoms. The van der Waals surface area contributed by atoms with Crippen molar-refractivity contribution in [2.45, 2.75) is 6.92 Å². The first kappa shape index (κ1) is 17.0. The number of nitrogens with zero attached hydrogens (tertiary/aromatic N) is 1. The van der Waals surface area contributed by atoms with Gasteiger partial charge in [0.05, 0.1) is 31.0 Å². The van der Waals surface area contributed by atoms with Crippen molar-refractivity contribution in [2.75, 3.05) is 24.9 Å². The molecule has 1 heterocycles. The van der Waals surface area contributed by atoms with Crippen molar-refractivity contribution in [1.29, 1.82) is 0 Å². The second-order valence-electron chi connectivity index (χ2n) is 4.65. The lowest BCUT2D eigenvalue weighted by Gasteiger charge is -2.11. The number of rotatable bonds is 4. The summed E-state index contributed by atoms with van der Waals surface area (Å²) in [4.78, 5) is 35.4. The smallest absolute Gasteiger partial charge is 0.339 e. The number of urea groups is 1. The fraction of sp³-hybridized carbons (Fsp3) is 0.200. The van der Waals surface area contributed by atoms with Gasteiger partial charge in [0.25, 0.3) is 0 Å². The van der Waals surface area contributed by atoms with E-state index in [1.807, 2.05) is 0 Å². The Balaban J connectivity index is 2.26. The van der Waals surface area contributed by atoms with Crippen LogP contribution in [0.2, 0.25) is 0 Å². The summed E-state index contributed by atoms with van der Waals surface area (Å²) in [6.07, 6.45) is 0. The molecule has 9 nitrogen and oxygen atoms in total. The number of methoxy groups -OCH3 is 2. The molecule has 1 aromatic heterocycles. The van der Waals surface area contributed by atoms with Gasteiger partial charge in [0.2, 0.25) is 0 Å². The Hall–Kier alpha value is -3.36. The zero-order valence-corrected chi connectivity index (χ0v) is 13.2. The van der Waals surface area contributed by atoms with Gasteiger partial charge in [-0.25, -0.2) is 14.4 Å². The Morgan fingerprint density at radius 1 is 1.04 bits per heavy atom. The summed E-state index contributed by atoms with van der Waals surface area (Å²) in [7, 11) is 2.43. The molecule has 2 aromatic rings. The van der Waals surface area contributed by atoms with Crippen molar-refractivity contribution in [3.8, 4) is 0 Å². The topological polar surface area (TPSA) is 120 Å². The van der Waals surface area contributed by atoms with Crippen molar-refractivity contribution >= 4 is 29.5 Å². The van der Waals surface area contributed by atoms with E-state index in [9.17, 15) is 14.4 Å². The highest BCUT2D eigenvalue weighted by Gasteiger charge is 2.17. The molecule has 0 unspecified atom stereocenters. The molecule has 0 aliphatic rings. The lowest BCUT2D eigenvalue weighted by molar-refractivity contribution is 0.0587. The van der Waals surface area contributed by atoms with Crippen molar-refractivity contribution in [2.24, 2.45) is 0 Å². The number of ether oxygens (including phenoxy) is 2. The minimum absolute atomic E-state index is 0.0802. The molecule has 2 rings (SSSR count). The van der Waals surface area contributed by atoms with E-state index in [-0.39, 0.29) is 22.6 Å². The highest BCUT2D eigenvalue weighted by Crippen LogP contribution is 2.20. The minimum atomic E-state index is -0.671. The van der Waals surface area contributed by atoms with Gasteiger partial charge in [-0.05, 0) is 25.1 Å². The molecule has 0 saturated carbocycles. The molecule has 0 spiro atoms. The zero-order valence-electron chi connectivity index (χ0n) is 13.2. The molecule has 0 radical (unpaired) electrons. The predicted octanol–water partition coefficient (Wildman–Crippen LogP) is 2.20. The van der Waals surface area contributed by atoms with Crippen LogP contribution in [0.4, 0.5) is 16.3 Å². The van der Waals surface area contributed by atoms with E-state index in [1.54, 1.807) is 6.92 Å². The monoisotopic (exact) mass is 333 g/mol. The van der Waals surface area contributed by atoms with Gasteiger partial charge in [-0.3, -0.25) is 5.32 Å². The summed E-state index contributed by atoms with van der Waals surface area (Å²) in [5.41, 5.74) is 0.330. The molecule has 0 aliphatic heterocycles. The number of benzene rings is 1. The first-order valence-electron chi connectivity index (χ1n) is 6.76. The molecule has 0 bridgehead atoms. The van der Waals surface area contributed by atoms with Crippen molar-refractivity contribution in [3.05, 3.63) is 41.2 Å². The van der Waals surface area contributed by atoms with Crippen LogP contribution in [0.15, 0.2) is 28.8 Å². The number of carbonyl (C=O) groups excluding carboxylic acids is 3. The second-order valence-corrected chi connectivity index (χ2v) is 4.65. The quantitative estimate of drug-likeness (QED) is 0.823. The number of esters is 2. The fourth-order valence-electron chi connectivity index (χ4n) is 1.88. The lowest BCUT2D eigenvalue weighted by Crippen LogP contribution is -2.22. The van der Waals surface area contributed by atoms with Crippen LogP contribution in [0.25, 0.3) is 0 Å². The molecule has 126 valence electrons. The summed E-state index contributed by atoms with van der Waals surface area (Å²) in [6.45, 7) is 1.67. The third-order valence-corrected chi connectivity index (χ3v) is 2.96. The molecule has 0 aliphatic carbocycles. The standard InChI is InChI=1S/C15H15N3O6/c1-8-6-12(18-24-8)17-15(21)16-11-7-9(13(19)22-2)4-5-10(11)14(20)23-3/h4-7H,1-3H3,(H2,16,17,18,21). The highest BCUT2D eigenvalue weighted by atomic mass is 16.5. The van der Waals surface area contributed by atoms with Gasteiger partial charge in [-0.1, -0.05) is 5.16 Å². The Morgan fingerprint density at radius 3 is 2.33 bits per heavy atom. The molecule has 0 saturated heterocycles. The summed E-state index contributed by atoms with van der Waals surface area (Å²) in [6, 6.07) is 4.91. The maximum Gasteiger partial charge on any atom is 0.339 e. The minimum Gasteiger partial charge on any atom is -0.465 e. The maximum atomic E-state index is 12.0. The van der Waals surface area contributed by atoms with E-state index < -0.39 is 18.0 Å². The Labute approximate surface area is 136 Å². The number of aromatic nitrogens is 1. The van der Waals surface area contributed by atoms with Gasteiger partial charge in [0, 0.05) is 6.07 Å². The molecule has 2 N–H and O–H groups in total. The summed E-state index contributed by atoms with van der Waals surface area (Å²) in [5, 5.41) is 8.51. The van der Waals surface area contributed by atoms with Gasteiger partial charge in [0.1, 0.15) is 5.76 Å². The van der Waals surface area contributed by atoms with Gasteiger partial charge >= 0.3 is 18.0 Å². The Kier molecular flexibility index (Phi) is 5.15. The average Bonchev–Trinajstić information content (AvgIpc) is 2.97. The number of nitrogens with one attached hydrogen (secondary N) is 2. The van der Waals surface area contributed by atoms with Crippen LogP contribution in [-0.4, -0.2) is 37.3 Å². The molecular formula is C15H15N3O6. The number of carbonyl (C=O) groups is 3. The summed E-state index contributed by atoms with van der Waals surface area (Å²) >= 11 is 0. The molecule has 0 atom stereocenters. The number of amides is 2. The van der Waals surface area contributed by atoms with Gasteiger partial charge < -0.3 is 19.3 Å². The summed E-state index contributed by atoms with van der Waals surface area (Å²) < 4.78 is 14.1. The number of aryl methyl sites for hydroxylation is 1. The average molecular weight is 333 g/mol. The number of hydrogen-bond donors (Lipinski definition) is 2. The van der Waals surface area contributed by atoms with Crippen molar-refractivity contribution < 1.29 is 28.4 Å². The van der Waals surface area contributed by atoms with Crippen LogP contribution < -0.4 is 10.6 Å². The SMILES string of the molecule is COC(=O)c1ccc(C(=O)OC)c(NC(=O)Nc2cc(C)on2)c1. The van der Waals surface area contributed by atoms with Crippen LogP contribution in [0, 0.1) is 6.92 Å². The second kappa shape index (κ2) is 7.27. The molecule has 2 amide bonds. The lowest BCUT2D eigenvalue weighted by atomic mass is 10.1.